The molecule has 0 aliphatic carbocycles. The quantitative estimate of drug-likeness (QED) is 0.662. The standard InChI is InChI=1S/C13H20N2O2/c1-2-4-12(16)9-15-8-10-5-3-6-11(7-10)13(14)17/h3,5-7,12,15-16H,2,4,8-9H2,1H3,(H2,14,17). The lowest BCUT2D eigenvalue weighted by Gasteiger charge is -2.10. The van der Waals surface area contributed by atoms with Crippen LogP contribution in [0.1, 0.15) is 35.7 Å². The van der Waals surface area contributed by atoms with Crippen LogP contribution in [0.2, 0.25) is 0 Å². The minimum Gasteiger partial charge on any atom is -0.392 e. The van der Waals surface area contributed by atoms with E-state index in [1.807, 2.05) is 13.0 Å². The van der Waals surface area contributed by atoms with E-state index in [1.54, 1.807) is 18.2 Å². The number of hydrogen-bond donors (Lipinski definition) is 3. The van der Waals surface area contributed by atoms with Gasteiger partial charge < -0.3 is 16.2 Å². The zero-order valence-corrected chi connectivity index (χ0v) is 10.1. The molecule has 1 unspecified atom stereocenters. The Balaban J connectivity index is 2.41. The number of aliphatic hydroxyl groups excluding tert-OH is 1. The first kappa shape index (κ1) is 13.7. The van der Waals surface area contributed by atoms with E-state index in [9.17, 15) is 9.90 Å². The number of nitrogens with two attached hydrogens (primary N) is 1. The average molecular weight is 236 g/mol. The first-order valence-corrected chi connectivity index (χ1v) is 5.91. The van der Waals surface area contributed by atoms with Crippen molar-refractivity contribution in [3.63, 3.8) is 0 Å². The number of benzene rings is 1. The van der Waals surface area contributed by atoms with Crippen LogP contribution in [0.5, 0.6) is 0 Å². The van der Waals surface area contributed by atoms with Crippen molar-refractivity contribution in [3.8, 4) is 0 Å². The van der Waals surface area contributed by atoms with Crippen molar-refractivity contribution < 1.29 is 9.90 Å². The first-order chi connectivity index (χ1) is 8.13. The van der Waals surface area contributed by atoms with Gasteiger partial charge >= 0.3 is 0 Å². The molecule has 4 nitrogen and oxygen atoms in total. The van der Waals surface area contributed by atoms with Crippen LogP contribution in [0.15, 0.2) is 24.3 Å². The average Bonchev–Trinajstić information content (AvgIpc) is 2.30. The predicted molar refractivity (Wildman–Crippen MR) is 67.6 cm³/mol. The summed E-state index contributed by atoms with van der Waals surface area (Å²) < 4.78 is 0. The lowest BCUT2D eigenvalue weighted by atomic mass is 10.1. The Morgan fingerprint density at radius 2 is 2.29 bits per heavy atom. The summed E-state index contributed by atoms with van der Waals surface area (Å²) in [5.74, 6) is -0.419. The van der Waals surface area contributed by atoms with E-state index in [0.29, 0.717) is 18.7 Å². The smallest absolute Gasteiger partial charge is 0.248 e. The second-order valence-corrected chi connectivity index (χ2v) is 4.14. The summed E-state index contributed by atoms with van der Waals surface area (Å²) in [6.07, 6.45) is 1.47. The minimum atomic E-state index is -0.419. The fourth-order valence-electron chi connectivity index (χ4n) is 1.65. The largest absolute Gasteiger partial charge is 0.392 e. The molecule has 1 amide bonds. The van der Waals surface area contributed by atoms with Crippen LogP contribution < -0.4 is 11.1 Å². The molecule has 1 rings (SSSR count). The fraction of sp³-hybridized carbons (Fsp3) is 0.462. The lowest BCUT2D eigenvalue weighted by Crippen LogP contribution is -2.26. The molecule has 4 N–H and O–H groups in total. The molecule has 0 bridgehead atoms. The molecule has 0 aliphatic rings. The molecule has 0 fully saturated rings. The zero-order chi connectivity index (χ0) is 12.7. The van der Waals surface area contributed by atoms with E-state index >= 15 is 0 Å². The van der Waals surface area contributed by atoms with Gasteiger partial charge in [0.15, 0.2) is 0 Å². The number of carbonyl (C=O) groups excluding carboxylic acids is 1. The summed E-state index contributed by atoms with van der Waals surface area (Å²) in [4.78, 5) is 11.0. The third-order valence-electron chi connectivity index (χ3n) is 2.54. The lowest BCUT2D eigenvalue weighted by molar-refractivity contribution is 0.1000. The summed E-state index contributed by atoms with van der Waals surface area (Å²) in [7, 11) is 0. The summed E-state index contributed by atoms with van der Waals surface area (Å²) in [6.45, 7) is 3.23. The Hall–Kier alpha value is -1.39. The maximum absolute atomic E-state index is 11.0. The van der Waals surface area contributed by atoms with Crippen molar-refractivity contribution >= 4 is 5.91 Å². The van der Waals surface area contributed by atoms with Crippen molar-refractivity contribution in [3.05, 3.63) is 35.4 Å². The Bertz CT molecular complexity index is 366. The molecule has 0 spiro atoms. The molecule has 1 aromatic carbocycles. The molecular formula is C13H20N2O2. The summed E-state index contributed by atoms with van der Waals surface area (Å²) in [5, 5.41) is 12.7. The van der Waals surface area contributed by atoms with Gasteiger partial charge in [0.05, 0.1) is 6.10 Å². The Labute approximate surface area is 102 Å². The molecular weight excluding hydrogens is 216 g/mol. The highest BCUT2D eigenvalue weighted by Gasteiger charge is 2.03. The van der Waals surface area contributed by atoms with Crippen LogP contribution in [0.4, 0.5) is 0 Å². The third kappa shape index (κ3) is 4.97. The normalized spacial score (nSPS) is 12.4. The maximum Gasteiger partial charge on any atom is 0.248 e. The maximum atomic E-state index is 11.0. The number of rotatable bonds is 7. The first-order valence-electron chi connectivity index (χ1n) is 5.91. The van der Waals surface area contributed by atoms with Crippen molar-refractivity contribution in [2.75, 3.05) is 6.54 Å². The van der Waals surface area contributed by atoms with E-state index in [-0.39, 0.29) is 6.10 Å². The van der Waals surface area contributed by atoms with Gasteiger partial charge in [0.25, 0.3) is 0 Å². The number of hydrogen-bond acceptors (Lipinski definition) is 3. The number of amides is 1. The summed E-state index contributed by atoms with van der Waals surface area (Å²) >= 11 is 0. The van der Waals surface area contributed by atoms with Crippen molar-refractivity contribution in [1.82, 2.24) is 5.32 Å². The molecule has 1 aromatic rings. The molecule has 0 aliphatic heterocycles. The zero-order valence-electron chi connectivity index (χ0n) is 10.1. The predicted octanol–water partition coefficient (Wildman–Crippen LogP) is 1.04. The van der Waals surface area contributed by atoms with Gasteiger partial charge in [-0.2, -0.15) is 0 Å². The number of aliphatic hydroxyl groups is 1. The van der Waals surface area contributed by atoms with Gasteiger partial charge in [-0.25, -0.2) is 0 Å². The Kier molecular flexibility index (Phi) is 5.66. The van der Waals surface area contributed by atoms with Crippen LogP contribution in [0.25, 0.3) is 0 Å². The number of nitrogens with one attached hydrogen (secondary N) is 1. The molecule has 4 heteroatoms. The van der Waals surface area contributed by atoms with Crippen LogP contribution in [0, 0.1) is 0 Å². The van der Waals surface area contributed by atoms with Crippen molar-refractivity contribution in [1.29, 1.82) is 0 Å². The molecule has 0 saturated carbocycles. The van der Waals surface area contributed by atoms with E-state index in [1.165, 1.54) is 0 Å². The van der Waals surface area contributed by atoms with Gasteiger partial charge in [-0.1, -0.05) is 25.5 Å². The molecule has 1 atom stereocenters. The second-order valence-electron chi connectivity index (χ2n) is 4.14. The summed E-state index contributed by atoms with van der Waals surface area (Å²) in [6, 6.07) is 7.19. The highest BCUT2D eigenvalue weighted by molar-refractivity contribution is 5.92. The van der Waals surface area contributed by atoms with Gasteiger partial charge in [-0.3, -0.25) is 4.79 Å². The molecule has 0 heterocycles. The van der Waals surface area contributed by atoms with Crippen LogP contribution in [-0.2, 0) is 6.54 Å². The Morgan fingerprint density at radius 3 is 2.94 bits per heavy atom. The second kappa shape index (κ2) is 7.04. The highest BCUT2D eigenvalue weighted by Crippen LogP contribution is 2.04. The van der Waals surface area contributed by atoms with E-state index in [0.717, 1.165) is 18.4 Å². The molecule has 0 radical (unpaired) electrons. The number of primary amides is 1. The van der Waals surface area contributed by atoms with Crippen molar-refractivity contribution in [2.24, 2.45) is 5.73 Å². The Morgan fingerprint density at radius 1 is 1.53 bits per heavy atom. The van der Waals surface area contributed by atoms with Gasteiger partial charge in [0, 0.05) is 18.7 Å². The van der Waals surface area contributed by atoms with Gasteiger partial charge in [0.2, 0.25) is 5.91 Å². The third-order valence-corrected chi connectivity index (χ3v) is 2.54. The SMILES string of the molecule is CCCC(O)CNCc1cccc(C(N)=O)c1. The molecule has 0 saturated heterocycles. The molecule has 94 valence electrons. The molecule has 0 aromatic heterocycles. The van der Waals surface area contributed by atoms with Gasteiger partial charge in [-0.05, 0) is 24.1 Å². The van der Waals surface area contributed by atoms with Gasteiger partial charge in [0.1, 0.15) is 0 Å². The van der Waals surface area contributed by atoms with Crippen molar-refractivity contribution in [2.45, 2.75) is 32.4 Å². The van der Waals surface area contributed by atoms with E-state index in [2.05, 4.69) is 5.32 Å². The van der Waals surface area contributed by atoms with Crippen LogP contribution in [-0.4, -0.2) is 23.7 Å². The topological polar surface area (TPSA) is 75.3 Å². The van der Waals surface area contributed by atoms with E-state index in [4.69, 9.17) is 5.73 Å². The van der Waals surface area contributed by atoms with Gasteiger partial charge in [-0.15, -0.1) is 0 Å². The highest BCUT2D eigenvalue weighted by atomic mass is 16.3. The van der Waals surface area contributed by atoms with Crippen LogP contribution in [0.3, 0.4) is 0 Å². The summed E-state index contributed by atoms with van der Waals surface area (Å²) in [5.41, 5.74) is 6.70. The fourth-order valence-corrected chi connectivity index (χ4v) is 1.65. The van der Waals surface area contributed by atoms with Crippen LogP contribution >= 0.6 is 0 Å². The van der Waals surface area contributed by atoms with E-state index < -0.39 is 5.91 Å². The molecule has 17 heavy (non-hydrogen) atoms. The minimum absolute atomic E-state index is 0.306. The monoisotopic (exact) mass is 236 g/mol. The number of carbonyl (C=O) groups is 1.